The Morgan fingerprint density at radius 3 is 2.58 bits per heavy atom. The van der Waals surface area contributed by atoms with Gasteiger partial charge in [-0.25, -0.2) is 0 Å². The Bertz CT molecular complexity index is 154. The monoisotopic (exact) mass is 254 g/mol. The maximum atomic E-state index is 11.1. The molecule has 0 heterocycles. The SMILES string of the molecule is CCOC(=O)C(Br)C(=O)CCP. The van der Waals surface area contributed by atoms with E-state index in [0.29, 0.717) is 19.2 Å². The van der Waals surface area contributed by atoms with Crippen LogP contribution in [0.15, 0.2) is 0 Å². The summed E-state index contributed by atoms with van der Waals surface area (Å²) in [7, 11) is 2.43. The first-order valence-corrected chi connectivity index (χ1v) is 5.40. The van der Waals surface area contributed by atoms with Gasteiger partial charge in [0.25, 0.3) is 0 Å². The summed E-state index contributed by atoms with van der Waals surface area (Å²) in [6.45, 7) is 2.01. The minimum Gasteiger partial charge on any atom is -0.465 e. The smallest absolute Gasteiger partial charge is 0.327 e. The van der Waals surface area contributed by atoms with Crippen molar-refractivity contribution in [2.75, 3.05) is 12.8 Å². The van der Waals surface area contributed by atoms with Gasteiger partial charge in [-0.3, -0.25) is 9.59 Å². The lowest BCUT2D eigenvalue weighted by molar-refractivity contribution is -0.144. The van der Waals surface area contributed by atoms with Gasteiger partial charge >= 0.3 is 5.97 Å². The lowest BCUT2D eigenvalue weighted by atomic mass is 10.2. The van der Waals surface area contributed by atoms with E-state index in [1.165, 1.54) is 0 Å². The number of rotatable bonds is 5. The van der Waals surface area contributed by atoms with Gasteiger partial charge in [0, 0.05) is 6.42 Å². The second-order valence-electron chi connectivity index (χ2n) is 2.12. The van der Waals surface area contributed by atoms with Crippen LogP contribution in [0.2, 0.25) is 0 Å². The minimum absolute atomic E-state index is 0.136. The molecule has 0 rings (SSSR count). The molecular weight excluding hydrogens is 243 g/mol. The molecule has 0 N–H and O–H groups in total. The van der Waals surface area contributed by atoms with Crippen molar-refractivity contribution in [1.82, 2.24) is 0 Å². The predicted molar refractivity (Wildman–Crippen MR) is 53.5 cm³/mol. The molecule has 0 aliphatic carbocycles. The summed E-state index contributed by atoms with van der Waals surface area (Å²) in [6.07, 6.45) is 1.04. The van der Waals surface area contributed by atoms with Gasteiger partial charge in [-0.1, -0.05) is 15.9 Å². The average molecular weight is 255 g/mol. The molecule has 0 aromatic rings. The number of halogens is 1. The molecule has 5 heteroatoms. The summed E-state index contributed by atoms with van der Waals surface area (Å²) in [5.74, 6) is -0.635. The van der Waals surface area contributed by atoms with E-state index in [0.717, 1.165) is 0 Å². The molecule has 0 bridgehead atoms. The third-order valence-electron chi connectivity index (χ3n) is 1.17. The van der Waals surface area contributed by atoms with Crippen LogP contribution < -0.4 is 0 Å². The molecule has 2 unspecified atom stereocenters. The fourth-order valence-corrected chi connectivity index (χ4v) is 1.26. The van der Waals surface area contributed by atoms with E-state index in [1.807, 2.05) is 0 Å². The summed E-state index contributed by atoms with van der Waals surface area (Å²) < 4.78 is 4.66. The van der Waals surface area contributed by atoms with E-state index in [1.54, 1.807) is 6.92 Å². The fraction of sp³-hybridized carbons (Fsp3) is 0.714. The summed E-state index contributed by atoms with van der Waals surface area (Å²) in [4.78, 5) is 21.3. The van der Waals surface area contributed by atoms with Crippen molar-refractivity contribution in [2.24, 2.45) is 0 Å². The van der Waals surface area contributed by atoms with Gasteiger partial charge < -0.3 is 4.74 Å². The van der Waals surface area contributed by atoms with Crippen LogP contribution in [0, 0.1) is 0 Å². The Hall–Kier alpha value is 0.0500. The Kier molecular flexibility index (Phi) is 6.58. The summed E-state index contributed by atoms with van der Waals surface area (Å²) in [5.41, 5.74) is 0. The van der Waals surface area contributed by atoms with Crippen molar-refractivity contribution < 1.29 is 14.3 Å². The van der Waals surface area contributed by atoms with Crippen LogP contribution in [0.5, 0.6) is 0 Å². The summed E-state index contributed by atoms with van der Waals surface area (Å²) >= 11 is 2.98. The fourth-order valence-electron chi connectivity index (χ4n) is 0.616. The molecule has 0 aliphatic heterocycles. The zero-order chi connectivity index (χ0) is 9.56. The topological polar surface area (TPSA) is 43.4 Å². The highest BCUT2D eigenvalue weighted by Crippen LogP contribution is 2.07. The molecule has 0 aliphatic rings. The standard InChI is InChI=1S/C7H12BrO3P/c1-2-11-7(10)6(8)5(9)3-4-12/h6H,2-4,12H2,1H3. The molecule has 0 spiro atoms. The first kappa shape index (κ1) is 12.0. The number of esters is 1. The van der Waals surface area contributed by atoms with E-state index in [2.05, 4.69) is 29.9 Å². The Morgan fingerprint density at radius 1 is 1.58 bits per heavy atom. The quantitative estimate of drug-likeness (QED) is 0.320. The van der Waals surface area contributed by atoms with Crippen LogP contribution >= 0.6 is 25.2 Å². The van der Waals surface area contributed by atoms with E-state index >= 15 is 0 Å². The van der Waals surface area contributed by atoms with Gasteiger partial charge in [0.1, 0.15) is 0 Å². The number of hydrogen-bond acceptors (Lipinski definition) is 3. The van der Waals surface area contributed by atoms with Crippen molar-refractivity contribution in [3.63, 3.8) is 0 Å². The maximum Gasteiger partial charge on any atom is 0.327 e. The molecule has 12 heavy (non-hydrogen) atoms. The Balaban J connectivity index is 3.91. The highest BCUT2D eigenvalue weighted by molar-refractivity contribution is 9.10. The lowest BCUT2D eigenvalue weighted by Gasteiger charge is -2.06. The molecule has 0 amide bonds. The predicted octanol–water partition coefficient (Wildman–Crippen LogP) is 1.15. The van der Waals surface area contributed by atoms with E-state index in [4.69, 9.17) is 0 Å². The number of carbonyl (C=O) groups is 2. The number of ether oxygens (including phenoxy) is 1. The normalized spacial score (nSPS) is 12.2. The maximum absolute atomic E-state index is 11.1. The molecule has 0 saturated carbocycles. The highest BCUT2D eigenvalue weighted by Gasteiger charge is 2.23. The van der Waals surface area contributed by atoms with E-state index in [9.17, 15) is 9.59 Å². The van der Waals surface area contributed by atoms with E-state index in [-0.39, 0.29) is 5.78 Å². The van der Waals surface area contributed by atoms with Crippen molar-refractivity contribution in [2.45, 2.75) is 18.2 Å². The molecule has 0 aromatic carbocycles. The van der Waals surface area contributed by atoms with Crippen molar-refractivity contribution >= 4 is 36.9 Å². The number of hydrogen-bond donors (Lipinski definition) is 0. The third-order valence-corrected chi connectivity index (χ3v) is 2.34. The first-order valence-electron chi connectivity index (χ1n) is 3.67. The minimum atomic E-state index is -0.794. The number of carbonyl (C=O) groups excluding carboxylic acids is 2. The number of alkyl halides is 1. The molecule has 70 valence electrons. The van der Waals surface area contributed by atoms with Gasteiger partial charge in [-0.2, -0.15) is 0 Å². The number of Topliss-reactive ketones (excluding diaryl/α,β-unsaturated/α-hetero) is 1. The first-order chi connectivity index (χ1) is 5.63. The van der Waals surface area contributed by atoms with Crippen molar-refractivity contribution in [3.8, 4) is 0 Å². The molecule has 2 atom stereocenters. The van der Waals surface area contributed by atoms with Crippen LogP contribution in [-0.2, 0) is 14.3 Å². The van der Waals surface area contributed by atoms with Crippen LogP contribution in [-0.4, -0.2) is 29.3 Å². The van der Waals surface area contributed by atoms with Crippen LogP contribution in [0.1, 0.15) is 13.3 Å². The van der Waals surface area contributed by atoms with Crippen molar-refractivity contribution in [1.29, 1.82) is 0 Å². The molecule has 3 nitrogen and oxygen atoms in total. The largest absolute Gasteiger partial charge is 0.465 e. The number of ketones is 1. The second-order valence-corrected chi connectivity index (χ2v) is 3.61. The van der Waals surface area contributed by atoms with Gasteiger partial charge in [-0.05, 0) is 13.1 Å². The zero-order valence-corrected chi connectivity index (χ0v) is 9.62. The van der Waals surface area contributed by atoms with Gasteiger partial charge in [-0.15, -0.1) is 9.24 Å². The van der Waals surface area contributed by atoms with Crippen LogP contribution in [0.25, 0.3) is 0 Å². The lowest BCUT2D eigenvalue weighted by Crippen LogP contribution is -2.26. The summed E-state index contributed by atoms with van der Waals surface area (Å²) in [6, 6.07) is 0. The van der Waals surface area contributed by atoms with Gasteiger partial charge in [0.05, 0.1) is 6.61 Å². The van der Waals surface area contributed by atoms with Gasteiger partial charge in [0.2, 0.25) is 0 Å². The third kappa shape index (κ3) is 4.17. The van der Waals surface area contributed by atoms with Gasteiger partial charge in [0.15, 0.2) is 10.6 Å². The van der Waals surface area contributed by atoms with Crippen molar-refractivity contribution in [3.05, 3.63) is 0 Å². The molecule has 0 saturated heterocycles. The Labute approximate surface area is 82.6 Å². The average Bonchev–Trinajstić information content (AvgIpc) is 2.04. The molecule has 0 fully saturated rings. The molecular formula is C7H12BrO3P. The molecule has 0 radical (unpaired) electrons. The van der Waals surface area contributed by atoms with Crippen LogP contribution in [0.4, 0.5) is 0 Å². The van der Waals surface area contributed by atoms with E-state index < -0.39 is 10.8 Å². The second kappa shape index (κ2) is 6.55. The highest BCUT2D eigenvalue weighted by atomic mass is 79.9. The Morgan fingerprint density at radius 2 is 2.17 bits per heavy atom. The van der Waals surface area contributed by atoms with Crippen LogP contribution in [0.3, 0.4) is 0 Å². The summed E-state index contributed by atoms with van der Waals surface area (Å²) in [5, 5.41) is 0. The zero-order valence-electron chi connectivity index (χ0n) is 6.88. The molecule has 0 aromatic heterocycles.